The summed E-state index contributed by atoms with van der Waals surface area (Å²) in [7, 11) is 0. The number of carbonyl (C=O) groups excluding carboxylic acids is 1. The molecule has 0 saturated carbocycles. The van der Waals surface area contributed by atoms with Crippen molar-refractivity contribution in [2.45, 2.75) is 6.42 Å². The van der Waals surface area contributed by atoms with Gasteiger partial charge in [0.1, 0.15) is 5.82 Å². The quantitative estimate of drug-likeness (QED) is 0.783. The molecule has 6 heteroatoms. The highest BCUT2D eigenvalue weighted by Crippen LogP contribution is 2.24. The molecule has 0 radical (unpaired) electrons. The van der Waals surface area contributed by atoms with E-state index in [9.17, 15) is 9.18 Å². The van der Waals surface area contributed by atoms with Crippen LogP contribution < -0.4 is 10.6 Å². The SMILES string of the molecule is O=C(CNCCc1ccccc1F)Nc1ccc(Cl)c(Cl)c1. The van der Waals surface area contributed by atoms with Crippen LogP contribution in [-0.2, 0) is 11.2 Å². The second-order valence-electron chi connectivity index (χ2n) is 4.70. The first-order valence-corrected chi connectivity index (χ1v) is 7.51. The molecule has 0 aromatic heterocycles. The highest BCUT2D eigenvalue weighted by molar-refractivity contribution is 6.42. The van der Waals surface area contributed by atoms with E-state index in [1.807, 2.05) is 0 Å². The molecule has 22 heavy (non-hydrogen) atoms. The molecule has 0 aliphatic carbocycles. The minimum Gasteiger partial charge on any atom is -0.325 e. The second kappa shape index (κ2) is 8.13. The highest BCUT2D eigenvalue weighted by Gasteiger charge is 2.05. The summed E-state index contributed by atoms with van der Waals surface area (Å²) in [6.45, 7) is 0.643. The predicted octanol–water partition coefficient (Wildman–Crippen LogP) is 3.90. The van der Waals surface area contributed by atoms with E-state index in [-0.39, 0.29) is 18.3 Å². The predicted molar refractivity (Wildman–Crippen MR) is 88.1 cm³/mol. The van der Waals surface area contributed by atoms with Crippen molar-refractivity contribution in [1.29, 1.82) is 0 Å². The van der Waals surface area contributed by atoms with Gasteiger partial charge in [0.2, 0.25) is 5.91 Å². The number of anilines is 1. The first kappa shape index (κ1) is 16.7. The maximum Gasteiger partial charge on any atom is 0.238 e. The third kappa shape index (κ3) is 4.98. The van der Waals surface area contributed by atoms with E-state index >= 15 is 0 Å². The number of halogens is 3. The van der Waals surface area contributed by atoms with E-state index in [2.05, 4.69) is 10.6 Å². The molecule has 0 saturated heterocycles. The van der Waals surface area contributed by atoms with Gasteiger partial charge in [-0.05, 0) is 42.8 Å². The van der Waals surface area contributed by atoms with Crippen molar-refractivity contribution < 1.29 is 9.18 Å². The summed E-state index contributed by atoms with van der Waals surface area (Å²) in [5.74, 6) is -0.434. The minimum atomic E-state index is -0.232. The molecule has 0 fully saturated rings. The fraction of sp³-hybridized carbons (Fsp3) is 0.188. The van der Waals surface area contributed by atoms with Crippen molar-refractivity contribution in [1.82, 2.24) is 5.32 Å². The zero-order valence-corrected chi connectivity index (χ0v) is 13.2. The average molecular weight is 341 g/mol. The van der Waals surface area contributed by atoms with Gasteiger partial charge in [-0.15, -0.1) is 0 Å². The zero-order valence-electron chi connectivity index (χ0n) is 11.7. The molecule has 2 rings (SSSR count). The molecule has 3 nitrogen and oxygen atoms in total. The molecule has 0 atom stereocenters. The molecule has 0 aliphatic rings. The van der Waals surface area contributed by atoms with Crippen LogP contribution in [0.25, 0.3) is 0 Å². The van der Waals surface area contributed by atoms with Gasteiger partial charge in [0.25, 0.3) is 0 Å². The van der Waals surface area contributed by atoms with Gasteiger partial charge in [-0.25, -0.2) is 4.39 Å². The molecular weight excluding hydrogens is 326 g/mol. The molecule has 0 aliphatic heterocycles. The monoisotopic (exact) mass is 340 g/mol. The summed E-state index contributed by atoms with van der Waals surface area (Å²) >= 11 is 11.7. The number of nitrogens with one attached hydrogen (secondary N) is 2. The van der Waals surface area contributed by atoms with E-state index in [0.29, 0.717) is 34.3 Å². The Hall–Kier alpha value is -1.62. The molecule has 2 N–H and O–H groups in total. The van der Waals surface area contributed by atoms with Gasteiger partial charge in [-0.3, -0.25) is 4.79 Å². The van der Waals surface area contributed by atoms with Crippen molar-refractivity contribution >= 4 is 34.8 Å². The van der Waals surface area contributed by atoms with Crippen LogP contribution in [0.1, 0.15) is 5.56 Å². The normalized spacial score (nSPS) is 10.5. The summed E-state index contributed by atoms with van der Waals surface area (Å²) in [5.41, 5.74) is 1.20. The smallest absolute Gasteiger partial charge is 0.238 e. The van der Waals surface area contributed by atoms with Crippen LogP contribution in [-0.4, -0.2) is 19.0 Å². The van der Waals surface area contributed by atoms with Crippen LogP contribution in [0, 0.1) is 5.82 Å². The second-order valence-corrected chi connectivity index (χ2v) is 5.51. The molecule has 116 valence electrons. The molecule has 0 unspecified atom stereocenters. The van der Waals surface area contributed by atoms with Gasteiger partial charge in [0.15, 0.2) is 0 Å². The summed E-state index contributed by atoms with van der Waals surface area (Å²) in [6.07, 6.45) is 0.521. The Bertz CT molecular complexity index is 664. The third-order valence-electron chi connectivity index (χ3n) is 3.02. The molecule has 2 aromatic carbocycles. The lowest BCUT2D eigenvalue weighted by atomic mass is 10.1. The van der Waals surface area contributed by atoms with Gasteiger partial charge in [-0.1, -0.05) is 41.4 Å². The van der Waals surface area contributed by atoms with Gasteiger partial charge in [-0.2, -0.15) is 0 Å². The Kier molecular flexibility index (Phi) is 6.19. The van der Waals surface area contributed by atoms with E-state index in [0.717, 1.165) is 0 Å². The van der Waals surface area contributed by atoms with E-state index in [1.165, 1.54) is 6.07 Å². The molecular formula is C16H15Cl2FN2O. The topological polar surface area (TPSA) is 41.1 Å². The van der Waals surface area contributed by atoms with Gasteiger partial charge >= 0.3 is 0 Å². The molecule has 0 spiro atoms. The highest BCUT2D eigenvalue weighted by atomic mass is 35.5. The summed E-state index contributed by atoms with van der Waals surface area (Å²) in [5, 5.41) is 6.49. The van der Waals surface area contributed by atoms with Crippen LogP contribution in [0.2, 0.25) is 10.0 Å². The van der Waals surface area contributed by atoms with Crippen LogP contribution in [0.4, 0.5) is 10.1 Å². The number of rotatable bonds is 6. The van der Waals surface area contributed by atoms with Crippen molar-refractivity contribution in [2.75, 3.05) is 18.4 Å². The van der Waals surface area contributed by atoms with Crippen LogP contribution >= 0.6 is 23.2 Å². The number of amides is 1. The van der Waals surface area contributed by atoms with Crippen LogP contribution in [0.3, 0.4) is 0 Å². The number of hydrogen-bond acceptors (Lipinski definition) is 2. The van der Waals surface area contributed by atoms with E-state index < -0.39 is 0 Å². The Morgan fingerprint density at radius 1 is 1.09 bits per heavy atom. The summed E-state index contributed by atoms with van der Waals surface area (Å²) in [6, 6.07) is 11.5. The molecule has 0 bridgehead atoms. The van der Waals surface area contributed by atoms with Gasteiger partial charge in [0, 0.05) is 5.69 Å². The standard InChI is InChI=1S/C16H15Cl2FN2O/c17-13-6-5-12(9-14(13)18)21-16(22)10-20-8-7-11-3-1-2-4-15(11)19/h1-6,9,20H,7-8,10H2,(H,21,22). The molecule has 1 amide bonds. The lowest BCUT2D eigenvalue weighted by Gasteiger charge is -2.08. The van der Waals surface area contributed by atoms with Crippen LogP contribution in [0.15, 0.2) is 42.5 Å². The molecule has 2 aromatic rings. The lowest BCUT2D eigenvalue weighted by molar-refractivity contribution is -0.115. The third-order valence-corrected chi connectivity index (χ3v) is 3.76. The lowest BCUT2D eigenvalue weighted by Crippen LogP contribution is -2.29. The largest absolute Gasteiger partial charge is 0.325 e. The van der Waals surface area contributed by atoms with Crippen molar-refractivity contribution in [2.24, 2.45) is 0 Å². The van der Waals surface area contributed by atoms with Crippen molar-refractivity contribution in [3.63, 3.8) is 0 Å². The van der Waals surface area contributed by atoms with E-state index in [1.54, 1.807) is 36.4 Å². The number of hydrogen-bond donors (Lipinski definition) is 2. The summed E-state index contributed by atoms with van der Waals surface area (Å²) in [4.78, 5) is 11.8. The Labute approximate surface area is 138 Å². The van der Waals surface area contributed by atoms with Crippen molar-refractivity contribution in [3.05, 3.63) is 63.9 Å². The fourth-order valence-corrected chi connectivity index (χ4v) is 2.20. The first-order chi connectivity index (χ1) is 10.6. The Balaban J connectivity index is 1.74. The zero-order chi connectivity index (χ0) is 15.9. The van der Waals surface area contributed by atoms with Gasteiger partial charge in [0.05, 0.1) is 16.6 Å². The number of benzene rings is 2. The summed E-state index contributed by atoms with van der Waals surface area (Å²) < 4.78 is 13.4. The van der Waals surface area contributed by atoms with Crippen molar-refractivity contribution in [3.8, 4) is 0 Å². The average Bonchev–Trinajstić information content (AvgIpc) is 2.49. The Morgan fingerprint density at radius 2 is 1.86 bits per heavy atom. The number of carbonyl (C=O) groups is 1. The van der Waals surface area contributed by atoms with Gasteiger partial charge < -0.3 is 10.6 Å². The minimum absolute atomic E-state index is 0.134. The maximum atomic E-state index is 13.4. The Morgan fingerprint density at radius 3 is 2.59 bits per heavy atom. The first-order valence-electron chi connectivity index (χ1n) is 6.75. The van der Waals surface area contributed by atoms with Crippen LogP contribution in [0.5, 0.6) is 0 Å². The maximum absolute atomic E-state index is 13.4. The fourth-order valence-electron chi connectivity index (χ4n) is 1.91. The molecule has 0 heterocycles. The van der Waals surface area contributed by atoms with E-state index in [4.69, 9.17) is 23.2 Å².